The van der Waals surface area contributed by atoms with Crippen molar-refractivity contribution in [1.29, 1.82) is 0 Å². The molecular formula is C18H18INO5. The highest BCUT2D eigenvalue weighted by Crippen LogP contribution is 2.45. The van der Waals surface area contributed by atoms with Gasteiger partial charge >= 0.3 is 6.09 Å². The molecule has 0 aromatic heterocycles. The predicted octanol–water partition coefficient (Wildman–Crippen LogP) is 3.50. The van der Waals surface area contributed by atoms with Gasteiger partial charge in [-0.1, -0.05) is 30.3 Å². The van der Waals surface area contributed by atoms with Gasteiger partial charge in [-0.25, -0.2) is 4.79 Å². The van der Waals surface area contributed by atoms with Crippen LogP contribution in [0.2, 0.25) is 0 Å². The Bertz CT molecular complexity index is 751. The van der Waals surface area contributed by atoms with Gasteiger partial charge in [0.05, 0.1) is 10.7 Å². The fourth-order valence-electron chi connectivity index (χ4n) is 2.48. The fraction of sp³-hybridized carbons (Fsp3) is 0.278. The predicted molar refractivity (Wildman–Crippen MR) is 100 cm³/mol. The third kappa shape index (κ3) is 4.28. The second-order valence-electron chi connectivity index (χ2n) is 5.36. The maximum Gasteiger partial charge on any atom is 0.407 e. The van der Waals surface area contributed by atoms with Crippen LogP contribution in [0.3, 0.4) is 0 Å². The molecule has 132 valence electrons. The Morgan fingerprint density at radius 1 is 1.28 bits per heavy atom. The summed E-state index contributed by atoms with van der Waals surface area (Å²) in [5.74, 6) is 1.96. The van der Waals surface area contributed by atoms with Gasteiger partial charge in [-0.2, -0.15) is 0 Å². The van der Waals surface area contributed by atoms with Crippen LogP contribution in [0.15, 0.2) is 36.4 Å². The lowest BCUT2D eigenvalue weighted by molar-refractivity contribution is 0.140. The quantitative estimate of drug-likeness (QED) is 0.676. The minimum Gasteiger partial charge on any atom is -0.492 e. The molecule has 0 bridgehead atoms. The highest BCUT2D eigenvalue weighted by molar-refractivity contribution is 14.1. The first-order valence-corrected chi connectivity index (χ1v) is 8.86. The minimum absolute atomic E-state index is 0.190. The lowest BCUT2D eigenvalue weighted by Crippen LogP contribution is -2.26. The molecule has 25 heavy (non-hydrogen) atoms. The number of fused-ring (bicyclic) bond motifs is 1. The summed E-state index contributed by atoms with van der Waals surface area (Å²) in [6.45, 7) is 0.893. The van der Waals surface area contributed by atoms with Crippen LogP contribution in [0.25, 0.3) is 0 Å². The SMILES string of the molecule is COc1c(I)c(CCNC(=O)OCc2ccccc2)cc2c1OCO2. The van der Waals surface area contributed by atoms with E-state index in [4.69, 9.17) is 18.9 Å². The summed E-state index contributed by atoms with van der Waals surface area (Å²) in [6.07, 6.45) is 0.192. The Labute approximate surface area is 159 Å². The van der Waals surface area contributed by atoms with Gasteiger partial charge in [0.15, 0.2) is 11.5 Å². The molecular weight excluding hydrogens is 437 g/mol. The van der Waals surface area contributed by atoms with Crippen molar-refractivity contribution in [2.24, 2.45) is 0 Å². The van der Waals surface area contributed by atoms with Crippen molar-refractivity contribution in [3.8, 4) is 17.2 Å². The average molecular weight is 455 g/mol. The Morgan fingerprint density at radius 2 is 2.08 bits per heavy atom. The van der Waals surface area contributed by atoms with Crippen LogP contribution < -0.4 is 19.5 Å². The number of benzene rings is 2. The Balaban J connectivity index is 1.53. The van der Waals surface area contributed by atoms with E-state index >= 15 is 0 Å². The number of alkyl carbamates (subject to hydrolysis) is 1. The van der Waals surface area contributed by atoms with Crippen molar-refractivity contribution >= 4 is 28.7 Å². The highest BCUT2D eigenvalue weighted by Gasteiger charge is 2.24. The number of hydrogen-bond donors (Lipinski definition) is 1. The first kappa shape index (κ1) is 17.7. The molecule has 0 unspecified atom stereocenters. The van der Waals surface area contributed by atoms with Crippen LogP contribution >= 0.6 is 22.6 Å². The number of ether oxygens (including phenoxy) is 4. The molecule has 7 heteroatoms. The summed E-state index contributed by atoms with van der Waals surface area (Å²) in [7, 11) is 1.60. The topological polar surface area (TPSA) is 66.0 Å². The number of carbonyl (C=O) groups is 1. The highest BCUT2D eigenvalue weighted by atomic mass is 127. The van der Waals surface area contributed by atoms with E-state index in [2.05, 4.69) is 27.9 Å². The van der Waals surface area contributed by atoms with E-state index in [9.17, 15) is 4.79 Å². The summed E-state index contributed by atoms with van der Waals surface area (Å²) in [5.41, 5.74) is 1.97. The van der Waals surface area contributed by atoms with Crippen LogP contribution in [0, 0.1) is 3.57 Å². The number of rotatable bonds is 6. The average Bonchev–Trinajstić information content (AvgIpc) is 3.09. The Hall–Kier alpha value is -2.16. The van der Waals surface area contributed by atoms with Gasteiger partial charge in [-0.3, -0.25) is 0 Å². The molecule has 6 nitrogen and oxygen atoms in total. The van der Waals surface area contributed by atoms with Crippen LogP contribution in [0.1, 0.15) is 11.1 Å². The monoisotopic (exact) mass is 455 g/mol. The number of nitrogens with one attached hydrogen (secondary N) is 1. The van der Waals surface area contributed by atoms with Crippen LogP contribution in [0.4, 0.5) is 4.79 Å². The summed E-state index contributed by atoms with van der Waals surface area (Å²) in [4.78, 5) is 11.8. The molecule has 0 radical (unpaired) electrons. The second-order valence-corrected chi connectivity index (χ2v) is 6.43. The van der Waals surface area contributed by atoms with E-state index in [0.717, 1.165) is 14.7 Å². The number of methoxy groups -OCH3 is 1. The van der Waals surface area contributed by atoms with E-state index in [-0.39, 0.29) is 13.4 Å². The van der Waals surface area contributed by atoms with Crippen LogP contribution in [0.5, 0.6) is 17.2 Å². The molecule has 2 aromatic carbocycles. The molecule has 1 N–H and O–H groups in total. The van der Waals surface area contributed by atoms with Gasteiger partial charge in [0.2, 0.25) is 12.5 Å². The number of carbonyl (C=O) groups excluding carboxylic acids is 1. The fourth-order valence-corrected chi connectivity index (χ4v) is 3.37. The standard InChI is InChI=1S/C18H18INO5/c1-22-17-15(19)13(9-14-16(17)25-11-24-14)7-8-20-18(21)23-10-12-5-3-2-4-6-12/h2-6,9H,7-8,10-11H2,1H3,(H,20,21). The van der Waals surface area contributed by atoms with E-state index in [0.29, 0.717) is 30.2 Å². The van der Waals surface area contributed by atoms with Crippen molar-refractivity contribution in [3.05, 3.63) is 51.1 Å². The number of hydrogen-bond acceptors (Lipinski definition) is 5. The molecule has 0 fully saturated rings. The molecule has 0 aliphatic carbocycles. The van der Waals surface area contributed by atoms with Gasteiger partial charge in [0.25, 0.3) is 0 Å². The molecule has 1 heterocycles. The molecule has 1 aliphatic heterocycles. The first-order valence-electron chi connectivity index (χ1n) is 7.78. The van der Waals surface area contributed by atoms with Gasteiger partial charge in [-0.15, -0.1) is 0 Å². The molecule has 0 saturated heterocycles. The molecule has 1 aliphatic rings. The smallest absolute Gasteiger partial charge is 0.407 e. The number of amides is 1. The maximum atomic E-state index is 11.8. The van der Waals surface area contributed by atoms with Crippen molar-refractivity contribution < 1.29 is 23.7 Å². The number of halogens is 1. The third-order valence-corrected chi connectivity index (χ3v) is 4.90. The van der Waals surface area contributed by atoms with Gasteiger partial charge in [-0.05, 0) is 46.2 Å². The lowest BCUT2D eigenvalue weighted by Gasteiger charge is -2.12. The minimum atomic E-state index is -0.438. The van der Waals surface area contributed by atoms with E-state index in [1.165, 1.54) is 0 Å². The summed E-state index contributed by atoms with van der Waals surface area (Å²) < 4.78 is 22.4. The molecule has 0 atom stereocenters. The zero-order chi connectivity index (χ0) is 17.6. The molecule has 1 amide bonds. The molecule has 3 rings (SSSR count). The zero-order valence-electron chi connectivity index (χ0n) is 13.7. The first-order chi connectivity index (χ1) is 12.2. The summed E-state index contributed by atoms with van der Waals surface area (Å²) in [5, 5.41) is 2.76. The summed E-state index contributed by atoms with van der Waals surface area (Å²) >= 11 is 2.21. The van der Waals surface area contributed by atoms with Crippen molar-refractivity contribution in [1.82, 2.24) is 5.32 Å². The second kappa shape index (κ2) is 8.28. The van der Waals surface area contributed by atoms with Gasteiger partial charge in [0.1, 0.15) is 6.61 Å². The van der Waals surface area contributed by atoms with Crippen molar-refractivity contribution in [2.45, 2.75) is 13.0 Å². The molecule has 0 saturated carbocycles. The maximum absolute atomic E-state index is 11.8. The van der Waals surface area contributed by atoms with Gasteiger partial charge in [0, 0.05) is 6.54 Å². The third-order valence-electron chi connectivity index (χ3n) is 3.71. The van der Waals surface area contributed by atoms with E-state index in [1.807, 2.05) is 36.4 Å². The normalized spacial score (nSPS) is 11.9. The van der Waals surface area contributed by atoms with E-state index in [1.54, 1.807) is 7.11 Å². The van der Waals surface area contributed by atoms with Gasteiger partial charge < -0.3 is 24.3 Å². The largest absolute Gasteiger partial charge is 0.492 e. The van der Waals surface area contributed by atoms with Crippen molar-refractivity contribution in [3.63, 3.8) is 0 Å². The molecule has 0 spiro atoms. The Morgan fingerprint density at radius 3 is 2.84 bits per heavy atom. The van der Waals surface area contributed by atoms with E-state index < -0.39 is 6.09 Å². The Kier molecular flexibility index (Phi) is 5.85. The molecule has 2 aromatic rings. The van der Waals surface area contributed by atoms with Crippen LogP contribution in [-0.2, 0) is 17.8 Å². The lowest BCUT2D eigenvalue weighted by atomic mass is 10.1. The summed E-state index contributed by atoms with van der Waals surface area (Å²) in [6, 6.07) is 11.5. The zero-order valence-corrected chi connectivity index (χ0v) is 15.9. The van der Waals surface area contributed by atoms with Crippen LogP contribution in [-0.4, -0.2) is 26.5 Å². The van der Waals surface area contributed by atoms with Crippen molar-refractivity contribution in [2.75, 3.05) is 20.4 Å².